The zero-order chi connectivity index (χ0) is 19.5. The van der Waals surface area contributed by atoms with Gasteiger partial charge in [0, 0.05) is 11.6 Å². The number of aromatic hydroxyl groups is 1. The molecule has 2 rings (SSSR count). The second kappa shape index (κ2) is 8.17. The van der Waals surface area contributed by atoms with Crippen molar-refractivity contribution < 1.29 is 14.3 Å². The molecule has 0 aromatic heterocycles. The van der Waals surface area contributed by atoms with Gasteiger partial charge in [-0.3, -0.25) is 0 Å². The van der Waals surface area contributed by atoms with Gasteiger partial charge >= 0.3 is 0 Å². The predicted octanol–water partition coefficient (Wildman–Crippen LogP) is 6.62. The van der Waals surface area contributed by atoms with Crippen molar-refractivity contribution in [3.05, 3.63) is 42.5 Å². The second-order valence-electron chi connectivity index (χ2n) is 7.83. The van der Waals surface area contributed by atoms with Crippen LogP contribution in [0.4, 0.5) is 0 Å². The van der Waals surface area contributed by atoms with Crippen molar-refractivity contribution in [1.82, 2.24) is 0 Å². The summed E-state index contributed by atoms with van der Waals surface area (Å²) in [5, 5.41) is 10.6. The second-order valence-corrected chi connectivity index (χ2v) is 13.2. The van der Waals surface area contributed by atoms with Crippen LogP contribution in [0.3, 0.4) is 0 Å². The maximum absolute atomic E-state index is 10.6. The lowest BCUT2D eigenvalue weighted by Gasteiger charge is -2.42. The highest BCUT2D eigenvalue weighted by molar-refractivity contribution is 6.78. The van der Waals surface area contributed by atoms with Gasteiger partial charge in [-0.05, 0) is 46.5 Å². The molecule has 0 aliphatic carbocycles. The molecule has 0 heterocycles. The Hall–Kier alpha value is -1.94. The van der Waals surface area contributed by atoms with Crippen LogP contribution in [0.5, 0.6) is 17.2 Å². The quantitative estimate of drug-likeness (QED) is 0.555. The number of ether oxygens (including phenoxy) is 1. The third-order valence-corrected chi connectivity index (χ3v) is 11.4. The maximum Gasteiger partial charge on any atom is 0.258 e. The van der Waals surface area contributed by atoms with Crippen LogP contribution in [0.2, 0.25) is 16.6 Å². The van der Waals surface area contributed by atoms with Gasteiger partial charge in [-0.2, -0.15) is 0 Å². The Morgan fingerprint density at radius 1 is 0.808 bits per heavy atom. The van der Waals surface area contributed by atoms with Crippen molar-refractivity contribution in [3.8, 4) is 28.4 Å². The van der Waals surface area contributed by atoms with Crippen molar-refractivity contribution in [1.29, 1.82) is 0 Å². The first kappa shape index (κ1) is 20.4. The van der Waals surface area contributed by atoms with E-state index >= 15 is 0 Å². The standard InChI is InChI=1S/C22H32O3Si/c1-15(2)26(16(3)4,17(5)6)25-20-11-12-21(22(23)14-20)18-9-8-10-19(13-18)24-7/h8-17,23H,1-7H3. The molecule has 2 aromatic rings. The third kappa shape index (κ3) is 3.90. The molecule has 0 saturated heterocycles. The first-order valence-corrected chi connectivity index (χ1v) is 11.5. The zero-order valence-corrected chi connectivity index (χ0v) is 18.0. The van der Waals surface area contributed by atoms with Crippen molar-refractivity contribution >= 4 is 8.32 Å². The van der Waals surface area contributed by atoms with E-state index in [0.717, 1.165) is 22.6 Å². The van der Waals surface area contributed by atoms with Gasteiger partial charge in [0.2, 0.25) is 0 Å². The van der Waals surface area contributed by atoms with Gasteiger partial charge < -0.3 is 14.3 Å². The summed E-state index contributed by atoms with van der Waals surface area (Å²) in [5.74, 6) is 1.76. The Labute approximate surface area is 159 Å². The average molecular weight is 373 g/mol. The molecule has 0 atom stereocenters. The molecule has 0 spiro atoms. The molecular formula is C22H32O3Si. The van der Waals surface area contributed by atoms with Crippen molar-refractivity contribution in [3.63, 3.8) is 0 Å². The number of rotatable bonds is 7. The summed E-state index contributed by atoms with van der Waals surface area (Å²) in [4.78, 5) is 0. The van der Waals surface area contributed by atoms with Crippen molar-refractivity contribution in [2.24, 2.45) is 0 Å². The lowest BCUT2D eigenvalue weighted by Crippen LogP contribution is -2.50. The Morgan fingerprint density at radius 2 is 1.42 bits per heavy atom. The highest BCUT2D eigenvalue weighted by atomic mass is 28.4. The molecule has 26 heavy (non-hydrogen) atoms. The third-order valence-electron chi connectivity index (χ3n) is 5.35. The molecule has 142 valence electrons. The fraction of sp³-hybridized carbons (Fsp3) is 0.455. The highest BCUT2D eigenvalue weighted by Crippen LogP contribution is 2.44. The molecule has 1 N–H and O–H groups in total. The summed E-state index contributed by atoms with van der Waals surface area (Å²) in [7, 11) is -0.391. The minimum atomic E-state index is -2.03. The molecule has 0 fully saturated rings. The van der Waals surface area contributed by atoms with Crippen LogP contribution in [0.25, 0.3) is 11.1 Å². The Kier molecular flexibility index (Phi) is 6.40. The van der Waals surface area contributed by atoms with Crippen LogP contribution < -0.4 is 9.16 Å². The molecule has 0 amide bonds. The van der Waals surface area contributed by atoms with Crippen LogP contribution in [0.15, 0.2) is 42.5 Å². The van der Waals surface area contributed by atoms with E-state index in [1.165, 1.54) is 0 Å². The van der Waals surface area contributed by atoms with Crippen molar-refractivity contribution in [2.75, 3.05) is 7.11 Å². The smallest absolute Gasteiger partial charge is 0.258 e. The van der Waals surface area contributed by atoms with Gasteiger partial charge in [0.1, 0.15) is 17.2 Å². The molecule has 0 bridgehead atoms. The van der Waals surface area contributed by atoms with Crippen molar-refractivity contribution in [2.45, 2.75) is 58.2 Å². The van der Waals surface area contributed by atoms with E-state index in [1.54, 1.807) is 13.2 Å². The summed E-state index contributed by atoms with van der Waals surface area (Å²) < 4.78 is 11.9. The van der Waals surface area contributed by atoms with E-state index in [-0.39, 0.29) is 5.75 Å². The molecule has 3 nitrogen and oxygen atoms in total. The van der Waals surface area contributed by atoms with Gasteiger partial charge in [-0.15, -0.1) is 0 Å². The monoisotopic (exact) mass is 372 g/mol. The van der Waals surface area contributed by atoms with Gasteiger partial charge in [0.15, 0.2) is 0 Å². The predicted molar refractivity (Wildman–Crippen MR) is 112 cm³/mol. The fourth-order valence-corrected chi connectivity index (χ4v) is 9.41. The normalized spacial score (nSPS) is 12.1. The van der Waals surface area contributed by atoms with Crippen LogP contribution in [0.1, 0.15) is 41.5 Å². The van der Waals surface area contributed by atoms with Gasteiger partial charge in [0.25, 0.3) is 8.32 Å². The largest absolute Gasteiger partial charge is 0.543 e. The summed E-state index contributed by atoms with van der Waals surface area (Å²) in [6, 6.07) is 13.4. The number of benzene rings is 2. The fourth-order valence-electron chi connectivity index (χ4n) is 4.17. The van der Waals surface area contributed by atoms with Gasteiger partial charge in [-0.1, -0.05) is 53.7 Å². The molecule has 4 heteroatoms. The minimum Gasteiger partial charge on any atom is -0.543 e. The van der Waals surface area contributed by atoms with Crippen LogP contribution >= 0.6 is 0 Å². The highest BCUT2D eigenvalue weighted by Gasteiger charge is 2.47. The molecular weight excluding hydrogens is 340 g/mol. The zero-order valence-electron chi connectivity index (χ0n) is 17.0. The molecule has 0 radical (unpaired) electrons. The average Bonchev–Trinajstić information content (AvgIpc) is 2.58. The first-order valence-electron chi connectivity index (χ1n) is 9.38. The number of phenols is 1. The first-order chi connectivity index (χ1) is 12.2. The number of hydrogen-bond acceptors (Lipinski definition) is 3. The van der Waals surface area contributed by atoms with Crippen LogP contribution in [-0.2, 0) is 0 Å². The Morgan fingerprint density at radius 3 is 1.92 bits per heavy atom. The molecule has 0 aliphatic heterocycles. The number of hydrogen-bond donors (Lipinski definition) is 1. The SMILES string of the molecule is COc1cccc(-c2ccc(O[Si](C(C)C)(C(C)C)C(C)C)cc2O)c1. The number of methoxy groups -OCH3 is 1. The molecule has 0 saturated carbocycles. The molecule has 2 aromatic carbocycles. The van der Waals surface area contributed by atoms with E-state index in [0.29, 0.717) is 16.6 Å². The molecule has 0 unspecified atom stereocenters. The topological polar surface area (TPSA) is 38.7 Å². The summed E-state index contributed by atoms with van der Waals surface area (Å²) in [6.07, 6.45) is 0. The maximum atomic E-state index is 10.6. The number of phenolic OH excluding ortho intramolecular Hbond substituents is 1. The summed E-state index contributed by atoms with van der Waals surface area (Å²) in [6.45, 7) is 13.6. The Balaban J connectivity index is 2.39. The lowest BCUT2D eigenvalue weighted by atomic mass is 10.0. The van der Waals surface area contributed by atoms with Crippen LogP contribution in [0, 0.1) is 0 Å². The van der Waals surface area contributed by atoms with E-state index in [1.807, 2.05) is 36.4 Å². The molecule has 0 aliphatic rings. The minimum absolute atomic E-state index is 0.231. The van der Waals surface area contributed by atoms with Crippen LogP contribution in [-0.4, -0.2) is 20.5 Å². The summed E-state index contributed by atoms with van der Waals surface area (Å²) >= 11 is 0. The Bertz CT molecular complexity index is 716. The van der Waals surface area contributed by atoms with Gasteiger partial charge in [-0.25, -0.2) is 0 Å². The van der Waals surface area contributed by atoms with E-state index < -0.39 is 8.32 Å². The van der Waals surface area contributed by atoms with E-state index in [4.69, 9.17) is 9.16 Å². The van der Waals surface area contributed by atoms with E-state index in [2.05, 4.69) is 41.5 Å². The van der Waals surface area contributed by atoms with Gasteiger partial charge in [0.05, 0.1) is 7.11 Å². The van der Waals surface area contributed by atoms with E-state index in [9.17, 15) is 5.11 Å². The lowest BCUT2D eigenvalue weighted by molar-refractivity contribution is 0.415. The summed E-state index contributed by atoms with van der Waals surface area (Å²) in [5.41, 5.74) is 3.17.